The summed E-state index contributed by atoms with van der Waals surface area (Å²) in [6.45, 7) is 0.0148. The highest BCUT2D eigenvalue weighted by molar-refractivity contribution is 7.92. The van der Waals surface area contributed by atoms with Crippen LogP contribution >= 0.6 is 0 Å². The van der Waals surface area contributed by atoms with Crippen LogP contribution in [0.15, 0.2) is 39.4 Å². The molecule has 0 spiro atoms. The molecule has 0 unspecified atom stereocenters. The van der Waals surface area contributed by atoms with E-state index in [0.29, 0.717) is 0 Å². The maximum Gasteiger partial charge on any atom is 0.442 e. The number of rotatable bonds is 3. The van der Waals surface area contributed by atoms with E-state index in [2.05, 4.69) is 10.2 Å². The molecule has 2 fully saturated rings. The SMILES string of the molecule is O=S1(=O)C[C@@H]2[C@@H](C1)OCCN2S(=O)(=O)c1ccc(C2(C(F)(F)F)N=N2)cc1. The lowest BCUT2D eigenvalue weighted by Gasteiger charge is -2.35. The Morgan fingerprint density at radius 1 is 1.15 bits per heavy atom. The van der Waals surface area contributed by atoms with Crippen LogP contribution in [0, 0.1) is 0 Å². The zero-order chi connectivity index (χ0) is 19.7. The van der Waals surface area contributed by atoms with E-state index in [0.717, 1.165) is 28.6 Å². The van der Waals surface area contributed by atoms with E-state index in [1.807, 2.05) is 0 Å². The number of benzene rings is 1. The van der Waals surface area contributed by atoms with Gasteiger partial charge in [0.25, 0.3) is 0 Å². The van der Waals surface area contributed by atoms with E-state index >= 15 is 0 Å². The number of hydrogen-bond donors (Lipinski definition) is 0. The molecule has 3 heterocycles. The van der Waals surface area contributed by atoms with Gasteiger partial charge in [-0.3, -0.25) is 0 Å². The van der Waals surface area contributed by atoms with Gasteiger partial charge < -0.3 is 4.74 Å². The van der Waals surface area contributed by atoms with Gasteiger partial charge in [-0.15, -0.1) is 10.2 Å². The van der Waals surface area contributed by atoms with Gasteiger partial charge in [0.1, 0.15) is 0 Å². The lowest BCUT2D eigenvalue weighted by Crippen LogP contribution is -2.53. The Hall–Kier alpha value is -1.57. The van der Waals surface area contributed by atoms with Gasteiger partial charge in [-0.25, -0.2) is 16.8 Å². The molecular weight excluding hydrogens is 411 g/mol. The normalized spacial score (nSPS) is 29.4. The van der Waals surface area contributed by atoms with Crippen molar-refractivity contribution in [2.45, 2.75) is 28.9 Å². The van der Waals surface area contributed by atoms with Crippen LogP contribution in [0.25, 0.3) is 0 Å². The molecule has 13 heteroatoms. The molecule has 0 bridgehead atoms. The zero-order valence-corrected chi connectivity index (χ0v) is 15.3. The van der Waals surface area contributed by atoms with Crippen LogP contribution < -0.4 is 0 Å². The monoisotopic (exact) mass is 425 g/mol. The average Bonchev–Trinajstić information content (AvgIpc) is 3.32. The molecule has 1 aromatic carbocycles. The second kappa shape index (κ2) is 5.72. The summed E-state index contributed by atoms with van der Waals surface area (Å²) in [7, 11) is -7.52. The summed E-state index contributed by atoms with van der Waals surface area (Å²) < 4.78 is 95.1. The summed E-state index contributed by atoms with van der Waals surface area (Å²) in [6.07, 6.45) is -5.45. The minimum absolute atomic E-state index is 0.0298. The van der Waals surface area contributed by atoms with Crippen molar-refractivity contribution in [1.29, 1.82) is 0 Å². The van der Waals surface area contributed by atoms with E-state index in [9.17, 15) is 30.0 Å². The number of hydrogen-bond acceptors (Lipinski definition) is 7. The van der Waals surface area contributed by atoms with Crippen molar-refractivity contribution < 1.29 is 34.7 Å². The first kappa shape index (κ1) is 18.8. The van der Waals surface area contributed by atoms with E-state index in [4.69, 9.17) is 4.74 Å². The van der Waals surface area contributed by atoms with E-state index in [1.165, 1.54) is 0 Å². The van der Waals surface area contributed by atoms with Gasteiger partial charge in [-0.2, -0.15) is 17.5 Å². The van der Waals surface area contributed by atoms with Gasteiger partial charge in [0.05, 0.1) is 35.2 Å². The van der Waals surface area contributed by atoms with Gasteiger partial charge in [0.2, 0.25) is 10.0 Å². The molecule has 8 nitrogen and oxygen atoms in total. The number of fused-ring (bicyclic) bond motifs is 1. The van der Waals surface area contributed by atoms with E-state index in [1.54, 1.807) is 0 Å². The number of sulfonamides is 1. The number of nitrogens with zero attached hydrogens (tertiary/aromatic N) is 3. The van der Waals surface area contributed by atoms with Gasteiger partial charge in [-0.1, -0.05) is 12.1 Å². The van der Waals surface area contributed by atoms with Gasteiger partial charge in [0, 0.05) is 12.1 Å². The molecule has 0 aromatic heterocycles. The standard InChI is InChI=1S/C14H14F3N3O5S2/c15-14(16,17)13(18-19-13)9-1-3-10(4-2-9)27(23,24)20-5-6-25-12-8-26(21,22)7-11(12)20/h1-4,11-12H,5-8H2/t11-,12-/m1/s1. The molecule has 148 valence electrons. The molecule has 0 amide bonds. The lowest BCUT2D eigenvalue weighted by atomic mass is 10.0. The molecule has 3 aliphatic rings. The van der Waals surface area contributed by atoms with Crippen molar-refractivity contribution >= 4 is 19.9 Å². The maximum absolute atomic E-state index is 13.0. The van der Waals surface area contributed by atoms with Crippen molar-refractivity contribution in [2.24, 2.45) is 10.2 Å². The molecule has 0 radical (unpaired) electrons. The Morgan fingerprint density at radius 3 is 2.33 bits per heavy atom. The van der Waals surface area contributed by atoms with Crippen molar-refractivity contribution in [3.05, 3.63) is 29.8 Å². The quantitative estimate of drug-likeness (QED) is 0.720. The number of morpholine rings is 1. The number of sulfone groups is 1. The molecule has 2 atom stereocenters. The molecule has 0 aliphatic carbocycles. The third kappa shape index (κ3) is 2.96. The smallest absolute Gasteiger partial charge is 0.374 e. The minimum Gasteiger partial charge on any atom is -0.374 e. The Morgan fingerprint density at radius 2 is 1.78 bits per heavy atom. The molecule has 3 aliphatic heterocycles. The fourth-order valence-corrected chi connectivity index (χ4v) is 7.02. The Bertz CT molecular complexity index is 999. The lowest BCUT2D eigenvalue weighted by molar-refractivity contribution is -0.166. The molecule has 0 saturated carbocycles. The van der Waals surface area contributed by atoms with Gasteiger partial charge in [-0.05, 0) is 12.1 Å². The number of ether oxygens (including phenoxy) is 1. The van der Waals surface area contributed by atoms with Crippen molar-refractivity contribution in [1.82, 2.24) is 4.31 Å². The third-order valence-electron chi connectivity index (χ3n) is 4.84. The van der Waals surface area contributed by atoms with E-state index < -0.39 is 43.8 Å². The second-order valence-electron chi connectivity index (χ2n) is 6.56. The first-order chi connectivity index (χ1) is 12.5. The highest BCUT2D eigenvalue weighted by Crippen LogP contribution is 2.52. The van der Waals surface area contributed by atoms with Crippen LogP contribution in [-0.4, -0.2) is 64.1 Å². The Kier molecular flexibility index (Phi) is 3.98. The number of alkyl halides is 3. The fourth-order valence-electron chi connectivity index (χ4n) is 3.42. The van der Waals surface area contributed by atoms with Crippen LogP contribution in [0.5, 0.6) is 0 Å². The van der Waals surface area contributed by atoms with Gasteiger partial charge in [0.15, 0.2) is 9.84 Å². The molecule has 4 rings (SSSR count). The Labute approximate surface area is 153 Å². The third-order valence-corrected chi connectivity index (χ3v) is 8.47. The average molecular weight is 425 g/mol. The fraction of sp³-hybridized carbons (Fsp3) is 0.571. The van der Waals surface area contributed by atoms with Crippen molar-refractivity contribution in [2.75, 3.05) is 24.7 Å². The maximum atomic E-state index is 13.0. The summed E-state index contributed by atoms with van der Waals surface area (Å²) in [5, 5.41) is 6.15. The Balaban J connectivity index is 1.63. The minimum atomic E-state index is -4.71. The summed E-state index contributed by atoms with van der Waals surface area (Å²) in [5.74, 6) is -0.594. The topological polar surface area (TPSA) is 105 Å². The largest absolute Gasteiger partial charge is 0.442 e. The van der Waals surface area contributed by atoms with Crippen molar-refractivity contribution in [3.8, 4) is 0 Å². The molecule has 1 aromatic rings. The second-order valence-corrected chi connectivity index (χ2v) is 10.6. The van der Waals surface area contributed by atoms with Crippen LogP contribution in [-0.2, 0) is 30.3 Å². The highest BCUT2D eigenvalue weighted by Gasteiger charge is 2.65. The first-order valence-corrected chi connectivity index (χ1v) is 11.2. The predicted octanol–water partition coefficient (Wildman–Crippen LogP) is 1.05. The molecular formula is C14H14F3N3O5S2. The van der Waals surface area contributed by atoms with Crippen LogP contribution in [0.3, 0.4) is 0 Å². The summed E-state index contributed by atoms with van der Waals surface area (Å²) in [5.41, 5.74) is -2.91. The summed E-state index contributed by atoms with van der Waals surface area (Å²) >= 11 is 0. The number of halogens is 3. The highest BCUT2D eigenvalue weighted by atomic mass is 32.2. The zero-order valence-electron chi connectivity index (χ0n) is 13.6. The molecule has 27 heavy (non-hydrogen) atoms. The van der Waals surface area contributed by atoms with E-state index in [-0.39, 0.29) is 35.1 Å². The molecule has 2 saturated heterocycles. The van der Waals surface area contributed by atoms with Crippen LogP contribution in [0.4, 0.5) is 13.2 Å². The van der Waals surface area contributed by atoms with Crippen LogP contribution in [0.1, 0.15) is 5.56 Å². The van der Waals surface area contributed by atoms with Gasteiger partial charge >= 0.3 is 11.8 Å². The summed E-state index contributed by atoms with van der Waals surface area (Å²) in [6, 6.07) is 3.29. The predicted molar refractivity (Wildman–Crippen MR) is 85.1 cm³/mol. The summed E-state index contributed by atoms with van der Waals surface area (Å²) in [4.78, 5) is -0.228. The van der Waals surface area contributed by atoms with Crippen LogP contribution in [0.2, 0.25) is 0 Å². The molecule has 0 N–H and O–H groups in total. The first-order valence-electron chi connectivity index (χ1n) is 7.91. The van der Waals surface area contributed by atoms with Crippen molar-refractivity contribution in [3.63, 3.8) is 0 Å².